The summed E-state index contributed by atoms with van der Waals surface area (Å²) in [5, 5.41) is 10.1. The second kappa shape index (κ2) is 8.24. The molecule has 26 heavy (non-hydrogen) atoms. The molecule has 8 heteroatoms. The lowest BCUT2D eigenvalue weighted by atomic mass is 10.0. The molecule has 0 radical (unpaired) electrons. The average Bonchev–Trinajstić information content (AvgIpc) is 2.94. The Morgan fingerprint density at radius 3 is 2.38 bits per heavy atom. The van der Waals surface area contributed by atoms with E-state index in [1.54, 1.807) is 13.8 Å². The Bertz CT molecular complexity index is 759. The van der Waals surface area contributed by atoms with Crippen molar-refractivity contribution in [1.82, 2.24) is 5.32 Å². The maximum Gasteiger partial charge on any atom is 0.339 e. The van der Waals surface area contributed by atoms with Crippen molar-refractivity contribution >= 4 is 21.7 Å². The molecule has 1 aliphatic rings. The number of hydrogen-bond acceptors (Lipinski definition) is 5. The van der Waals surface area contributed by atoms with Crippen LogP contribution >= 0.6 is 0 Å². The first kappa shape index (κ1) is 20.5. The molecular formula is C18H27NO6S. The summed E-state index contributed by atoms with van der Waals surface area (Å²) in [6.07, 6.45) is 4.00. The van der Waals surface area contributed by atoms with Crippen LogP contribution in [0.15, 0.2) is 10.5 Å². The van der Waals surface area contributed by atoms with E-state index in [0.717, 1.165) is 19.3 Å². The molecule has 1 fully saturated rings. The molecule has 2 rings (SSSR count). The van der Waals surface area contributed by atoms with Gasteiger partial charge in [-0.25, -0.2) is 13.2 Å². The molecule has 1 atom stereocenters. The topological polar surface area (TPSA) is 114 Å². The van der Waals surface area contributed by atoms with Crippen LogP contribution in [-0.4, -0.2) is 35.9 Å². The Labute approximate surface area is 154 Å². The van der Waals surface area contributed by atoms with Gasteiger partial charge in [0.1, 0.15) is 22.3 Å². The summed E-state index contributed by atoms with van der Waals surface area (Å²) in [4.78, 5) is 23.7. The Morgan fingerprint density at radius 1 is 1.27 bits per heavy atom. The highest BCUT2D eigenvalue weighted by Crippen LogP contribution is 2.29. The number of aromatic carboxylic acids is 1. The molecule has 0 aromatic carbocycles. The average molecular weight is 385 g/mol. The van der Waals surface area contributed by atoms with Gasteiger partial charge in [0.15, 0.2) is 9.84 Å². The monoisotopic (exact) mass is 385 g/mol. The zero-order chi connectivity index (χ0) is 19.5. The van der Waals surface area contributed by atoms with Gasteiger partial charge in [0.2, 0.25) is 5.91 Å². The van der Waals surface area contributed by atoms with Crippen molar-refractivity contribution in [3.63, 3.8) is 0 Å². The third-order valence-corrected chi connectivity index (χ3v) is 7.74. The maximum atomic E-state index is 13.0. The van der Waals surface area contributed by atoms with Crippen LogP contribution in [0, 0.1) is 12.8 Å². The van der Waals surface area contributed by atoms with Gasteiger partial charge in [-0.3, -0.25) is 4.79 Å². The molecule has 1 unspecified atom stereocenters. The fourth-order valence-corrected chi connectivity index (χ4v) is 6.10. The summed E-state index contributed by atoms with van der Waals surface area (Å²) in [5.74, 6) is -1.49. The minimum absolute atomic E-state index is 0.0319. The highest BCUT2D eigenvalue weighted by molar-refractivity contribution is 7.93. The fraction of sp³-hybridized carbons (Fsp3) is 0.667. The predicted molar refractivity (Wildman–Crippen MR) is 96.7 cm³/mol. The summed E-state index contributed by atoms with van der Waals surface area (Å²) < 4.78 is 31.3. The fourth-order valence-electron chi connectivity index (χ4n) is 3.55. The van der Waals surface area contributed by atoms with Crippen LogP contribution in [0.1, 0.15) is 67.8 Å². The van der Waals surface area contributed by atoms with Crippen LogP contribution < -0.4 is 5.32 Å². The third kappa shape index (κ3) is 4.47. The quantitative estimate of drug-likeness (QED) is 0.746. The van der Waals surface area contributed by atoms with E-state index in [0.29, 0.717) is 12.8 Å². The van der Waals surface area contributed by atoms with Gasteiger partial charge in [0.05, 0.1) is 11.8 Å². The molecule has 7 nitrogen and oxygen atoms in total. The number of furan rings is 1. The SMILES string of the molecule is Cc1oc(CNC(=O)C(C(C)C)S(=O)(=O)C2CCCCC2)cc1C(=O)O. The van der Waals surface area contributed by atoms with E-state index in [9.17, 15) is 18.0 Å². The first-order valence-electron chi connectivity index (χ1n) is 8.97. The van der Waals surface area contributed by atoms with Crippen molar-refractivity contribution in [3.05, 3.63) is 23.2 Å². The number of carboxylic acid groups (broad SMARTS) is 1. The number of nitrogens with one attached hydrogen (secondary N) is 1. The number of carboxylic acids is 1. The summed E-state index contributed by atoms with van der Waals surface area (Å²) in [6, 6.07) is 1.35. The predicted octanol–water partition coefficient (Wildman–Crippen LogP) is 2.67. The van der Waals surface area contributed by atoms with Gasteiger partial charge in [-0.05, 0) is 31.7 Å². The molecule has 1 aromatic rings. The Balaban J connectivity index is 2.11. The van der Waals surface area contributed by atoms with Gasteiger partial charge < -0.3 is 14.8 Å². The second-order valence-corrected chi connectivity index (χ2v) is 9.57. The number of carbonyl (C=O) groups excluding carboxylic acids is 1. The molecular weight excluding hydrogens is 358 g/mol. The first-order valence-corrected chi connectivity index (χ1v) is 10.6. The van der Waals surface area contributed by atoms with Crippen molar-refractivity contribution < 1.29 is 27.5 Å². The third-order valence-electron chi connectivity index (χ3n) is 4.87. The van der Waals surface area contributed by atoms with Gasteiger partial charge in [-0.1, -0.05) is 33.1 Å². The Morgan fingerprint density at radius 2 is 1.88 bits per heavy atom. The number of hydrogen-bond donors (Lipinski definition) is 2. The highest BCUT2D eigenvalue weighted by atomic mass is 32.2. The van der Waals surface area contributed by atoms with E-state index >= 15 is 0 Å². The zero-order valence-corrected chi connectivity index (χ0v) is 16.3. The molecule has 1 amide bonds. The van der Waals surface area contributed by atoms with E-state index in [2.05, 4.69) is 5.32 Å². The summed E-state index contributed by atoms with van der Waals surface area (Å²) in [7, 11) is -3.58. The largest absolute Gasteiger partial charge is 0.478 e. The van der Waals surface area contributed by atoms with Crippen molar-refractivity contribution in [2.24, 2.45) is 5.92 Å². The van der Waals surface area contributed by atoms with Crippen LogP contribution in [0.4, 0.5) is 0 Å². The lowest BCUT2D eigenvalue weighted by Crippen LogP contribution is -2.47. The maximum absolute atomic E-state index is 13.0. The van der Waals surface area contributed by atoms with Crippen molar-refractivity contribution in [2.75, 3.05) is 0 Å². The molecule has 1 aliphatic carbocycles. The van der Waals surface area contributed by atoms with Crippen LogP contribution in [0.5, 0.6) is 0 Å². The van der Waals surface area contributed by atoms with Gasteiger partial charge in [-0.2, -0.15) is 0 Å². The van der Waals surface area contributed by atoms with Crippen LogP contribution in [0.2, 0.25) is 0 Å². The Kier molecular flexibility index (Phi) is 6.49. The van der Waals surface area contributed by atoms with Gasteiger partial charge in [0.25, 0.3) is 0 Å². The van der Waals surface area contributed by atoms with Crippen LogP contribution in [0.3, 0.4) is 0 Å². The van der Waals surface area contributed by atoms with Gasteiger partial charge >= 0.3 is 5.97 Å². The minimum atomic E-state index is -3.58. The smallest absolute Gasteiger partial charge is 0.339 e. The Hall–Kier alpha value is -1.83. The van der Waals surface area contributed by atoms with Gasteiger partial charge in [0, 0.05) is 0 Å². The van der Waals surface area contributed by atoms with E-state index in [-0.39, 0.29) is 29.5 Å². The van der Waals surface area contributed by atoms with Crippen LogP contribution in [0.25, 0.3) is 0 Å². The van der Waals surface area contributed by atoms with E-state index in [1.165, 1.54) is 13.0 Å². The molecule has 0 saturated heterocycles. The molecule has 1 aromatic heterocycles. The molecule has 2 N–H and O–H groups in total. The second-order valence-electron chi connectivity index (χ2n) is 7.22. The molecule has 0 aliphatic heterocycles. The minimum Gasteiger partial charge on any atom is -0.478 e. The van der Waals surface area contributed by atoms with Gasteiger partial charge in [-0.15, -0.1) is 0 Å². The summed E-state index contributed by atoms with van der Waals surface area (Å²) in [6.45, 7) is 4.93. The van der Waals surface area contributed by atoms with Crippen LogP contribution in [-0.2, 0) is 21.2 Å². The lowest BCUT2D eigenvalue weighted by molar-refractivity contribution is -0.121. The van der Waals surface area contributed by atoms with Crippen molar-refractivity contribution in [3.8, 4) is 0 Å². The number of carbonyl (C=O) groups is 2. The van der Waals surface area contributed by atoms with Crippen molar-refractivity contribution in [2.45, 2.75) is 69.9 Å². The number of amides is 1. The van der Waals surface area contributed by atoms with Crippen molar-refractivity contribution in [1.29, 1.82) is 0 Å². The molecule has 1 heterocycles. The molecule has 0 spiro atoms. The summed E-state index contributed by atoms with van der Waals surface area (Å²) >= 11 is 0. The molecule has 1 saturated carbocycles. The number of sulfone groups is 1. The normalized spacial score (nSPS) is 17.2. The van der Waals surface area contributed by atoms with E-state index in [4.69, 9.17) is 9.52 Å². The highest BCUT2D eigenvalue weighted by Gasteiger charge is 2.41. The summed E-state index contributed by atoms with van der Waals surface area (Å²) in [5.41, 5.74) is 0.0319. The number of aryl methyl sites for hydroxylation is 1. The number of rotatable bonds is 7. The van der Waals surface area contributed by atoms with E-state index in [1.807, 2.05) is 0 Å². The first-order chi connectivity index (χ1) is 12.1. The molecule has 0 bridgehead atoms. The standard InChI is InChI=1S/C18H27NO6S/c1-11(2)16(26(23,24)14-7-5-4-6-8-14)17(20)19-10-13-9-15(18(21)22)12(3)25-13/h9,11,14,16H,4-8,10H2,1-3H3,(H,19,20)(H,21,22). The van der Waals surface area contributed by atoms with E-state index < -0.39 is 32.2 Å². The molecule has 146 valence electrons. The zero-order valence-electron chi connectivity index (χ0n) is 15.4. The lowest BCUT2D eigenvalue weighted by Gasteiger charge is -2.28.